The zero-order valence-electron chi connectivity index (χ0n) is 16.8. The number of nitrogens with zero attached hydrogens (tertiary/aromatic N) is 2. The van der Waals surface area contributed by atoms with E-state index in [1.165, 1.54) is 18.0 Å². The van der Waals surface area contributed by atoms with E-state index in [9.17, 15) is 27.2 Å². The van der Waals surface area contributed by atoms with Crippen LogP contribution in [0.4, 0.5) is 4.39 Å². The molecule has 2 aliphatic rings. The number of ketones is 1. The molecule has 0 bridgehead atoms. The summed E-state index contributed by atoms with van der Waals surface area (Å²) in [6.07, 6.45) is 2.64. The highest BCUT2D eigenvalue weighted by atomic mass is 32.2. The second-order valence-corrected chi connectivity index (χ2v) is 11.1. The van der Waals surface area contributed by atoms with Gasteiger partial charge in [0.05, 0.1) is 9.64 Å². The van der Waals surface area contributed by atoms with Gasteiger partial charge in [0.1, 0.15) is 11.7 Å². The van der Waals surface area contributed by atoms with Gasteiger partial charge < -0.3 is 5.32 Å². The van der Waals surface area contributed by atoms with E-state index in [-0.39, 0.29) is 17.0 Å². The van der Waals surface area contributed by atoms with Gasteiger partial charge in [-0.2, -0.15) is 0 Å². The van der Waals surface area contributed by atoms with Crippen molar-refractivity contribution in [3.63, 3.8) is 0 Å². The molecule has 0 aromatic heterocycles. The van der Waals surface area contributed by atoms with Crippen LogP contribution in [0.3, 0.4) is 0 Å². The maximum absolute atomic E-state index is 13.5. The molecule has 1 aromatic carbocycles. The third kappa shape index (κ3) is 4.27. The lowest BCUT2D eigenvalue weighted by Crippen LogP contribution is -2.56. The van der Waals surface area contributed by atoms with Crippen LogP contribution in [0.1, 0.15) is 25.3 Å². The quantitative estimate of drug-likeness (QED) is 0.522. The first kappa shape index (κ1) is 22.4. The van der Waals surface area contributed by atoms with Gasteiger partial charge in [-0.25, -0.2) is 17.8 Å². The van der Waals surface area contributed by atoms with Crippen molar-refractivity contribution >= 4 is 45.0 Å². The Balaban J connectivity index is 1.85. The van der Waals surface area contributed by atoms with Crippen LogP contribution in [0, 0.1) is 5.82 Å². The Morgan fingerprint density at radius 1 is 1.40 bits per heavy atom. The Kier molecular flexibility index (Phi) is 6.06. The molecule has 2 atom stereocenters. The average molecular weight is 456 g/mol. The van der Waals surface area contributed by atoms with E-state index in [0.29, 0.717) is 5.84 Å². The fourth-order valence-corrected chi connectivity index (χ4v) is 5.86. The first-order valence-corrected chi connectivity index (χ1v) is 12.1. The maximum atomic E-state index is 13.5. The fraction of sp³-hybridized carbons (Fsp3) is 0.474. The fourth-order valence-electron chi connectivity index (χ4n) is 3.57. The Labute approximate surface area is 178 Å². The monoisotopic (exact) mass is 455 g/mol. The highest BCUT2D eigenvalue weighted by molar-refractivity contribution is 8.01. The van der Waals surface area contributed by atoms with Crippen LogP contribution in [0.5, 0.6) is 0 Å². The van der Waals surface area contributed by atoms with Crippen molar-refractivity contribution in [1.29, 1.82) is 0 Å². The number of carbonyl (C=O) groups is 3. The first-order chi connectivity index (χ1) is 13.9. The normalized spacial score (nSPS) is 24.7. The number of sulfone groups is 1. The van der Waals surface area contributed by atoms with Crippen molar-refractivity contribution in [3.05, 3.63) is 29.6 Å². The number of likely N-dealkylation sites (N-methyl/N-ethyl adjacent to an activating group) is 1. The van der Waals surface area contributed by atoms with Crippen molar-refractivity contribution in [2.75, 3.05) is 19.1 Å². The second kappa shape index (κ2) is 8.10. The van der Waals surface area contributed by atoms with E-state index in [4.69, 9.17) is 0 Å². The van der Waals surface area contributed by atoms with Crippen molar-refractivity contribution in [2.24, 2.45) is 4.99 Å². The number of Topliss-reactive ketones (excluding diaryl/α,β-unsaturated/α-hetero) is 1. The molecule has 1 fully saturated rings. The molecule has 0 saturated carbocycles. The van der Waals surface area contributed by atoms with Crippen LogP contribution in [0.2, 0.25) is 0 Å². The number of carbonyl (C=O) groups excluding carboxylic acids is 3. The predicted molar refractivity (Wildman–Crippen MR) is 110 cm³/mol. The largest absolute Gasteiger partial charge is 0.350 e. The van der Waals surface area contributed by atoms with Crippen LogP contribution in [0.15, 0.2) is 28.1 Å². The summed E-state index contributed by atoms with van der Waals surface area (Å²) in [6.45, 7) is 1.67. The van der Waals surface area contributed by atoms with Gasteiger partial charge >= 0.3 is 0 Å². The number of hydrogen-bond acceptors (Lipinski definition) is 7. The number of rotatable bonds is 5. The number of halogens is 1. The molecule has 2 heterocycles. The molecule has 2 amide bonds. The number of aliphatic imine (C=N–C) groups is 1. The lowest BCUT2D eigenvalue weighted by atomic mass is 9.99. The summed E-state index contributed by atoms with van der Waals surface area (Å²) in [5, 5.41) is 2.46. The number of amides is 2. The van der Waals surface area contributed by atoms with Gasteiger partial charge in [0.25, 0.3) is 17.6 Å². The molecule has 11 heteroatoms. The first-order valence-electron chi connectivity index (χ1n) is 9.24. The standard InChI is InChI=1S/C19H22FN3O5S2/c1-19(7-4-8-29-19)18-22-14(15(24)17(26)23(18)2)16(25)21-10-11-5-6-12(20)9-13(11)30(3,27)28/h5-6,9,14H,4,7-8,10H2,1-3H3,(H,21,25). The molecule has 30 heavy (non-hydrogen) atoms. The van der Waals surface area contributed by atoms with Gasteiger partial charge in [0.2, 0.25) is 0 Å². The summed E-state index contributed by atoms with van der Waals surface area (Å²) in [7, 11) is -2.27. The topological polar surface area (TPSA) is 113 Å². The van der Waals surface area contributed by atoms with Gasteiger partial charge in [-0.05, 0) is 43.2 Å². The van der Waals surface area contributed by atoms with Gasteiger partial charge in [-0.15, -0.1) is 11.8 Å². The van der Waals surface area contributed by atoms with Crippen LogP contribution < -0.4 is 5.32 Å². The highest BCUT2D eigenvalue weighted by Gasteiger charge is 2.46. The molecule has 1 aromatic rings. The number of thioether (sulfide) groups is 1. The summed E-state index contributed by atoms with van der Waals surface area (Å²) < 4.78 is 36.8. The minimum Gasteiger partial charge on any atom is -0.350 e. The van der Waals surface area contributed by atoms with Crippen molar-refractivity contribution < 1.29 is 27.2 Å². The summed E-state index contributed by atoms with van der Waals surface area (Å²) in [5.41, 5.74) is 0.168. The van der Waals surface area contributed by atoms with E-state index >= 15 is 0 Å². The highest BCUT2D eigenvalue weighted by Crippen LogP contribution is 2.40. The van der Waals surface area contributed by atoms with E-state index in [1.54, 1.807) is 11.8 Å². The second-order valence-electron chi connectivity index (χ2n) is 7.51. The van der Waals surface area contributed by atoms with Gasteiger partial charge in [0.15, 0.2) is 15.9 Å². The SMILES string of the molecule is CN1C(=O)C(=O)C(C(=O)NCc2ccc(F)cc2S(C)(=O)=O)N=C1C1(C)CCCS1. The Morgan fingerprint density at radius 3 is 2.70 bits per heavy atom. The molecule has 1 saturated heterocycles. The zero-order chi connectivity index (χ0) is 22.3. The van der Waals surface area contributed by atoms with E-state index in [0.717, 1.165) is 37.0 Å². The van der Waals surface area contributed by atoms with E-state index < -0.39 is 44.0 Å². The Bertz CT molecular complexity index is 1050. The molecule has 8 nitrogen and oxygen atoms in total. The van der Waals surface area contributed by atoms with Gasteiger partial charge in [-0.3, -0.25) is 19.3 Å². The Hall–Kier alpha value is -2.27. The third-order valence-electron chi connectivity index (χ3n) is 5.15. The molecule has 0 spiro atoms. The molecule has 0 aliphatic carbocycles. The van der Waals surface area contributed by atoms with E-state index in [2.05, 4.69) is 10.3 Å². The van der Waals surface area contributed by atoms with Crippen LogP contribution in [-0.2, 0) is 30.8 Å². The summed E-state index contributed by atoms with van der Waals surface area (Å²) in [5.74, 6) is -2.03. The van der Waals surface area contributed by atoms with Crippen molar-refractivity contribution in [3.8, 4) is 0 Å². The number of amidine groups is 1. The van der Waals surface area contributed by atoms with Crippen LogP contribution >= 0.6 is 11.8 Å². The van der Waals surface area contributed by atoms with E-state index in [1.807, 2.05) is 6.92 Å². The minimum absolute atomic E-state index is 0.168. The van der Waals surface area contributed by atoms with Gasteiger partial charge in [0, 0.05) is 19.8 Å². The Morgan fingerprint density at radius 2 is 2.10 bits per heavy atom. The van der Waals surface area contributed by atoms with Crippen molar-refractivity contribution in [1.82, 2.24) is 10.2 Å². The zero-order valence-corrected chi connectivity index (χ0v) is 18.4. The molecule has 162 valence electrons. The average Bonchev–Trinajstić information content (AvgIpc) is 3.11. The summed E-state index contributed by atoms with van der Waals surface area (Å²) in [6, 6.07) is 1.66. The predicted octanol–water partition coefficient (Wildman–Crippen LogP) is 0.939. The van der Waals surface area contributed by atoms with Crippen LogP contribution in [-0.4, -0.2) is 66.6 Å². The molecule has 2 aliphatic heterocycles. The molecule has 1 N–H and O–H groups in total. The molecule has 3 rings (SSSR count). The third-order valence-corrected chi connectivity index (χ3v) is 7.85. The number of benzene rings is 1. The summed E-state index contributed by atoms with van der Waals surface area (Å²) in [4.78, 5) is 42.8. The van der Waals surface area contributed by atoms with Crippen molar-refractivity contribution in [2.45, 2.75) is 42.0 Å². The molecule has 2 unspecified atom stereocenters. The maximum Gasteiger partial charge on any atom is 0.297 e. The summed E-state index contributed by atoms with van der Waals surface area (Å²) >= 11 is 1.62. The molecular weight excluding hydrogens is 433 g/mol. The molecular formula is C19H22FN3O5S2. The smallest absolute Gasteiger partial charge is 0.297 e. The lowest BCUT2D eigenvalue weighted by Gasteiger charge is -2.35. The number of nitrogens with one attached hydrogen (secondary N) is 1. The lowest BCUT2D eigenvalue weighted by molar-refractivity contribution is -0.145. The number of hydrogen-bond donors (Lipinski definition) is 1. The molecule has 0 radical (unpaired) electrons. The van der Waals surface area contributed by atoms with Crippen LogP contribution in [0.25, 0.3) is 0 Å². The minimum atomic E-state index is -3.73. The van der Waals surface area contributed by atoms with Gasteiger partial charge in [-0.1, -0.05) is 6.07 Å².